The fourth-order valence-corrected chi connectivity index (χ4v) is 3.87. The van der Waals surface area contributed by atoms with Crippen LogP contribution in [0.15, 0.2) is 24.3 Å². The Labute approximate surface area is 140 Å². The zero-order valence-electron chi connectivity index (χ0n) is 13.6. The second kappa shape index (κ2) is 7.38. The van der Waals surface area contributed by atoms with E-state index in [9.17, 15) is 4.79 Å². The molecule has 6 heteroatoms. The maximum atomic E-state index is 12.2. The molecule has 1 fully saturated rings. The van der Waals surface area contributed by atoms with Gasteiger partial charge in [-0.15, -0.1) is 11.3 Å². The van der Waals surface area contributed by atoms with Gasteiger partial charge < -0.3 is 10.1 Å². The second-order valence-corrected chi connectivity index (χ2v) is 7.20. The van der Waals surface area contributed by atoms with E-state index < -0.39 is 0 Å². The van der Waals surface area contributed by atoms with Crippen molar-refractivity contribution in [2.75, 3.05) is 26.3 Å². The summed E-state index contributed by atoms with van der Waals surface area (Å²) in [4.78, 5) is 18.9. The zero-order chi connectivity index (χ0) is 16.2. The third kappa shape index (κ3) is 4.07. The van der Waals surface area contributed by atoms with Crippen LogP contribution in [0.5, 0.6) is 0 Å². The largest absolute Gasteiger partial charge is 0.378 e. The molecule has 0 bridgehead atoms. The third-order valence-electron chi connectivity index (χ3n) is 4.18. The highest BCUT2D eigenvalue weighted by molar-refractivity contribution is 7.18. The van der Waals surface area contributed by atoms with Crippen LogP contribution < -0.4 is 5.32 Å². The molecule has 0 aliphatic carbocycles. The molecule has 1 aliphatic heterocycles. The number of amides is 1. The van der Waals surface area contributed by atoms with E-state index in [2.05, 4.69) is 35.1 Å². The number of hydrogen-bond donors (Lipinski definition) is 1. The van der Waals surface area contributed by atoms with Gasteiger partial charge in [-0.3, -0.25) is 9.69 Å². The number of aromatic nitrogens is 1. The molecule has 2 aromatic rings. The molecular weight excluding hydrogens is 310 g/mol. The Bertz CT molecular complexity index is 630. The average molecular weight is 333 g/mol. The lowest BCUT2D eigenvalue weighted by Crippen LogP contribution is -2.53. The number of nitrogens with zero attached hydrogens (tertiary/aromatic N) is 2. The topological polar surface area (TPSA) is 54.5 Å². The summed E-state index contributed by atoms with van der Waals surface area (Å²) in [6, 6.07) is 8.70. The van der Waals surface area contributed by atoms with Gasteiger partial charge in [0.15, 0.2) is 0 Å². The molecule has 0 saturated carbocycles. The second-order valence-electron chi connectivity index (χ2n) is 6.08. The maximum Gasteiger partial charge on any atom is 0.234 e. The number of carbonyl (C=O) groups is 1. The summed E-state index contributed by atoms with van der Waals surface area (Å²) in [6.07, 6.45) is 0.777. The van der Waals surface area contributed by atoms with E-state index in [1.807, 2.05) is 18.2 Å². The minimum atomic E-state index is 0.0757. The Kier molecular flexibility index (Phi) is 5.25. The van der Waals surface area contributed by atoms with Crippen molar-refractivity contribution in [2.45, 2.75) is 32.4 Å². The van der Waals surface area contributed by atoms with E-state index in [0.29, 0.717) is 26.3 Å². The Morgan fingerprint density at radius 3 is 2.83 bits per heavy atom. The number of hydrogen-bond acceptors (Lipinski definition) is 5. The SMILES string of the molecule is C[C@@H]1COC[C@@H](C)N1CC(=O)NCCc1nc2ccccc2s1. The number of thiazole rings is 1. The highest BCUT2D eigenvalue weighted by atomic mass is 32.1. The third-order valence-corrected chi connectivity index (χ3v) is 5.27. The maximum absolute atomic E-state index is 12.2. The molecule has 0 unspecified atom stereocenters. The number of fused-ring (bicyclic) bond motifs is 1. The average Bonchev–Trinajstić information content (AvgIpc) is 2.94. The first-order chi connectivity index (χ1) is 11.1. The van der Waals surface area contributed by atoms with Crippen molar-refractivity contribution < 1.29 is 9.53 Å². The van der Waals surface area contributed by atoms with Crippen LogP contribution in [0.4, 0.5) is 0 Å². The number of para-hydroxylation sites is 1. The first-order valence-electron chi connectivity index (χ1n) is 8.08. The molecule has 5 nitrogen and oxygen atoms in total. The molecule has 1 saturated heterocycles. The molecule has 3 rings (SSSR count). The lowest BCUT2D eigenvalue weighted by atomic mass is 10.2. The molecule has 1 N–H and O–H groups in total. The lowest BCUT2D eigenvalue weighted by Gasteiger charge is -2.38. The predicted molar refractivity (Wildman–Crippen MR) is 92.8 cm³/mol. The van der Waals surface area contributed by atoms with Crippen LogP contribution in [0.2, 0.25) is 0 Å². The van der Waals surface area contributed by atoms with Crippen LogP contribution in [0.25, 0.3) is 10.2 Å². The molecular formula is C17H23N3O2S. The van der Waals surface area contributed by atoms with Gasteiger partial charge in [0.1, 0.15) is 0 Å². The lowest BCUT2D eigenvalue weighted by molar-refractivity contribution is -0.126. The van der Waals surface area contributed by atoms with E-state index in [4.69, 9.17) is 4.74 Å². The van der Waals surface area contributed by atoms with Gasteiger partial charge in [-0.05, 0) is 26.0 Å². The van der Waals surface area contributed by atoms with Gasteiger partial charge in [-0.1, -0.05) is 12.1 Å². The fourth-order valence-electron chi connectivity index (χ4n) is 2.90. The van der Waals surface area contributed by atoms with E-state index in [1.54, 1.807) is 11.3 Å². The summed E-state index contributed by atoms with van der Waals surface area (Å²) >= 11 is 1.70. The van der Waals surface area contributed by atoms with Crippen LogP contribution in [0, 0.1) is 0 Å². The van der Waals surface area contributed by atoms with E-state index >= 15 is 0 Å². The van der Waals surface area contributed by atoms with Crippen molar-refractivity contribution in [3.8, 4) is 0 Å². The number of morpholine rings is 1. The Morgan fingerprint density at radius 2 is 2.09 bits per heavy atom. The fraction of sp³-hybridized carbons (Fsp3) is 0.529. The van der Waals surface area contributed by atoms with Crippen molar-refractivity contribution in [2.24, 2.45) is 0 Å². The summed E-state index contributed by atoms with van der Waals surface area (Å²) in [5, 5.41) is 4.08. The molecule has 0 spiro atoms. The van der Waals surface area contributed by atoms with Gasteiger partial charge in [0.25, 0.3) is 0 Å². The van der Waals surface area contributed by atoms with Crippen molar-refractivity contribution >= 4 is 27.5 Å². The highest BCUT2D eigenvalue weighted by Crippen LogP contribution is 2.21. The summed E-state index contributed by atoms with van der Waals surface area (Å²) in [7, 11) is 0. The molecule has 1 aliphatic rings. The van der Waals surface area contributed by atoms with E-state index in [-0.39, 0.29) is 18.0 Å². The summed E-state index contributed by atoms with van der Waals surface area (Å²) < 4.78 is 6.69. The number of ether oxygens (including phenoxy) is 1. The first kappa shape index (κ1) is 16.4. The van der Waals surface area contributed by atoms with Crippen LogP contribution >= 0.6 is 11.3 Å². The minimum Gasteiger partial charge on any atom is -0.378 e. The Hall–Kier alpha value is -1.50. The van der Waals surface area contributed by atoms with Crippen LogP contribution in [0.1, 0.15) is 18.9 Å². The van der Waals surface area contributed by atoms with Crippen LogP contribution in [-0.2, 0) is 16.0 Å². The van der Waals surface area contributed by atoms with Crippen LogP contribution in [0.3, 0.4) is 0 Å². The summed E-state index contributed by atoms with van der Waals surface area (Å²) in [5.74, 6) is 0.0757. The molecule has 2 atom stereocenters. The zero-order valence-corrected chi connectivity index (χ0v) is 14.4. The predicted octanol–water partition coefficient (Wildman–Crippen LogP) is 2.06. The van der Waals surface area contributed by atoms with Gasteiger partial charge in [-0.2, -0.15) is 0 Å². The highest BCUT2D eigenvalue weighted by Gasteiger charge is 2.26. The smallest absolute Gasteiger partial charge is 0.234 e. The van der Waals surface area contributed by atoms with Crippen molar-refractivity contribution in [3.63, 3.8) is 0 Å². The van der Waals surface area contributed by atoms with Crippen LogP contribution in [-0.4, -0.2) is 54.2 Å². The number of carbonyl (C=O) groups excluding carboxylic acids is 1. The normalized spacial score (nSPS) is 22.3. The molecule has 1 aromatic carbocycles. The van der Waals surface area contributed by atoms with E-state index in [1.165, 1.54) is 4.70 Å². The van der Waals surface area contributed by atoms with Crippen molar-refractivity contribution in [3.05, 3.63) is 29.3 Å². The molecule has 124 valence electrons. The van der Waals surface area contributed by atoms with Crippen molar-refractivity contribution in [1.29, 1.82) is 0 Å². The van der Waals surface area contributed by atoms with Crippen molar-refractivity contribution in [1.82, 2.24) is 15.2 Å². The molecule has 1 aromatic heterocycles. The standard InChI is InChI=1S/C17H23N3O2S/c1-12-10-22-11-13(2)20(12)9-16(21)18-8-7-17-19-14-5-3-4-6-15(14)23-17/h3-6,12-13H,7-11H2,1-2H3,(H,18,21)/t12-,13-/m1/s1. The van der Waals surface area contributed by atoms with Gasteiger partial charge >= 0.3 is 0 Å². The first-order valence-corrected chi connectivity index (χ1v) is 8.90. The Balaban J connectivity index is 1.47. The quantitative estimate of drug-likeness (QED) is 0.910. The van der Waals surface area contributed by atoms with Gasteiger partial charge in [0.2, 0.25) is 5.91 Å². The summed E-state index contributed by atoms with van der Waals surface area (Å²) in [5.41, 5.74) is 1.04. The molecule has 1 amide bonds. The molecule has 0 radical (unpaired) electrons. The Morgan fingerprint density at radius 1 is 1.35 bits per heavy atom. The number of rotatable bonds is 5. The van der Waals surface area contributed by atoms with Gasteiger partial charge in [0.05, 0.1) is 35.0 Å². The monoisotopic (exact) mass is 333 g/mol. The number of nitrogens with one attached hydrogen (secondary N) is 1. The van der Waals surface area contributed by atoms with Gasteiger partial charge in [0, 0.05) is 25.0 Å². The van der Waals surface area contributed by atoms with E-state index in [0.717, 1.165) is 16.9 Å². The minimum absolute atomic E-state index is 0.0757. The van der Waals surface area contributed by atoms with Gasteiger partial charge in [-0.25, -0.2) is 4.98 Å². The summed E-state index contributed by atoms with van der Waals surface area (Å²) in [6.45, 7) is 6.66. The molecule has 2 heterocycles. The molecule has 23 heavy (non-hydrogen) atoms. The number of benzene rings is 1.